The summed E-state index contributed by atoms with van der Waals surface area (Å²) in [6.45, 7) is 0. The van der Waals surface area contributed by atoms with Gasteiger partial charge in [-0.05, 0) is 48.2 Å². The van der Waals surface area contributed by atoms with Crippen LogP contribution in [0.4, 0.5) is 11.4 Å². The average Bonchev–Trinajstić information content (AvgIpc) is 3.01. The van der Waals surface area contributed by atoms with Crippen LogP contribution in [0, 0.1) is 0 Å². The molecule has 0 heterocycles. The predicted octanol–water partition coefficient (Wildman–Crippen LogP) is 5.51. The number of para-hydroxylation sites is 2. The van der Waals surface area contributed by atoms with Crippen molar-refractivity contribution in [1.82, 2.24) is 0 Å². The number of anilines is 2. The number of fused-ring (bicyclic) bond motifs is 1. The molecular formula is C21H19N. The molecule has 1 nitrogen and oxygen atoms in total. The standard InChI is InChI=1S/C21H19N/c1-3-10-18(11-4-1)22(19-12-5-2-6-13-19)21-16-15-17-9-7-8-14-20(17)21/h1-14,21H,15-16H2. The molecule has 3 aromatic carbocycles. The van der Waals surface area contributed by atoms with Crippen molar-refractivity contribution in [3.8, 4) is 0 Å². The molecule has 0 fully saturated rings. The number of benzene rings is 3. The van der Waals surface area contributed by atoms with Crippen LogP contribution in [0.5, 0.6) is 0 Å². The summed E-state index contributed by atoms with van der Waals surface area (Å²) in [5.41, 5.74) is 5.48. The lowest BCUT2D eigenvalue weighted by molar-refractivity contribution is 0.687. The monoisotopic (exact) mass is 285 g/mol. The molecule has 0 saturated carbocycles. The van der Waals surface area contributed by atoms with Crippen LogP contribution in [-0.2, 0) is 6.42 Å². The maximum absolute atomic E-state index is 2.48. The van der Waals surface area contributed by atoms with E-state index in [0.717, 1.165) is 6.42 Å². The maximum atomic E-state index is 2.48. The predicted molar refractivity (Wildman–Crippen MR) is 92.5 cm³/mol. The second kappa shape index (κ2) is 5.69. The van der Waals surface area contributed by atoms with Gasteiger partial charge in [0.1, 0.15) is 0 Å². The summed E-state index contributed by atoms with van der Waals surface area (Å²) in [6.07, 6.45) is 2.33. The molecule has 1 aliphatic carbocycles. The van der Waals surface area contributed by atoms with E-state index < -0.39 is 0 Å². The van der Waals surface area contributed by atoms with Gasteiger partial charge in [0.2, 0.25) is 0 Å². The zero-order valence-corrected chi connectivity index (χ0v) is 12.5. The van der Waals surface area contributed by atoms with E-state index in [-0.39, 0.29) is 0 Å². The van der Waals surface area contributed by atoms with Crippen molar-refractivity contribution in [1.29, 1.82) is 0 Å². The second-order valence-corrected chi connectivity index (χ2v) is 5.79. The Morgan fingerprint density at radius 1 is 0.636 bits per heavy atom. The van der Waals surface area contributed by atoms with Gasteiger partial charge in [-0.25, -0.2) is 0 Å². The van der Waals surface area contributed by atoms with E-state index in [1.165, 1.54) is 28.9 Å². The molecule has 0 saturated heterocycles. The van der Waals surface area contributed by atoms with Crippen molar-refractivity contribution in [2.45, 2.75) is 18.9 Å². The van der Waals surface area contributed by atoms with Crippen molar-refractivity contribution in [3.63, 3.8) is 0 Å². The lowest BCUT2D eigenvalue weighted by Crippen LogP contribution is -2.21. The van der Waals surface area contributed by atoms with Gasteiger partial charge in [-0.2, -0.15) is 0 Å². The van der Waals surface area contributed by atoms with Gasteiger partial charge in [0.15, 0.2) is 0 Å². The van der Waals surface area contributed by atoms with Crippen LogP contribution in [0.3, 0.4) is 0 Å². The zero-order chi connectivity index (χ0) is 14.8. The maximum Gasteiger partial charge on any atom is 0.0597 e. The Labute approximate surface area is 131 Å². The Hall–Kier alpha value is -2.54. The van der Waals surface area contributed by atoms with E-state index in [1.54, 1.807) is 0 Å². The van der Waals surface area contributed by atoms with Gasteiger partial charge in [-0.15, -0.1) is 0 Å². The third-order valence-electron chi connectivity index (χ3n) is 4.48. The Bertz CT molecular complexity index is 710. The smallest absolute Gasteiger partial charge is 0.0597 e. The van der Waals surface area contributed by atoms with Crippen LogP contribution >= 0.6 is 0 Å². The molecule has 108 valence electrons. The molecule has 1 aliphatic rings. The second-order valence-electron chi connectivity index (χ2n) is 5.79. The van der Waals surface area contributed by atoms with Gasteiger partial charge in [0, 0.05) is 11.4 Å². The SMILES string of the molecule is c1ccc(N(c2ccccc2)C2CCc3ccccc32)cc1. The largest absolute Gasteiger partial charge is 0.334 e. The fourth-order valence-corrected chi connectivity index (χ4v) is 3.49. The Kier molecular flexibility index (Phi) is 3.40. The highest BCUT2D eigenvalue weighted by molar-refractivity contribution is 5.65. The number of rotatable bonds is 3. The Balaban J connectivity index is 1.83. The van der Waals surface area contributed by atoms with Gasteiger partial charge in [0.25, 0.3) is 0 Å². The highest BCUT2D eigenvalue weighted by Crippen LogP contribution is 2.42. The van der Waals surface area contributed by atoms with Crippen LogP contribution in [0.2, 0.25) is 0 Å². The molecule has 3 aromatic rings. The molecule has 0 spiro atoms. The van der Waals surface area contributed by atoms with Crippen LogP contribution < -0.4 is 4.90 Å². The molecule has 0 aliphatic heterocycles. The van der Waals surface area contributed by atoms with E-state index in [0.29, 0.717) is 6.04 Å². The third-order valence-corrected chi connectivity index (χ3v) is 4.48. The fraction of sp³-hybridized carbons (Fsp3) is 0.143. The van der Waals surface area contributed by atoms with Gasteiger partial charge in [-0.1, -0.05) is 60.7 Å². The molecule has 0 N–H and O–H groups in total. The van der Waals surface area contributed by atoms with E-state index in [1.807, 2.05) is 0 Å². The molecule has 1 atom stereocenters. The summed E-state index contributed by atoms with van der Waals surface area (Å²) in [7, 11) is 0. The van der Waals surface area contributed by atoms with Crippen molar-refractivity contribution >= 4 is 11.4 Å². The van der Waals surface area contributed by atoms with Crippen LogP contribution in [0.1, 0.15) is 23.6 Å². The summed E-state index contributed by atoms with van der Waals surface area (Å²) in [5.74, 6) is 0. The number of aryl methyl sites for hydroxylation is 1. The van der Waals surface area contributed by atoms with E-state index in [2.05, 4.69) is 89.8 Å². The van der Waals surface area contributed by atoms with Crippen LogP contribution in [-0.4, -0.2) is 0 Å². The van der Waals surface area contributed by atoms with Crippen molar-refractivity contribution < 1.29 is 0 Å². The molecule has 0 aromatic heterocycles. The lowest BCUT2D eigenvalue weighted by atomic mass is 10.0. The molecular weight excluding hydrogens is 266 g/mol. The number of hydrogen-bond donors (Lipinski definition) is 0. The highest BCUT2D eigenvalue weighted by Gasteiger charge is 2.28. The summed E-state index contributed by atoms with van der Waals surface area (Å²) in [6, 6.07) is 30.7. The van der Waals surface area contributed by atoms with Crippen LogP contribution in [0.25, 0.3) is 0 Å². The number of nitrogens with zero attached hydrogens (tertiary/aromatic N) is 1. The number of hydrogen-bond acceptors (Lipinski definition) is 1. The Morgan fingerprint density at radius 3 is 1.82 bits per heavy atom. The van der Waals surface area contributed by atoms with E-state index >= 15 is 0 Å². The molecule has 0 bridgehead atoms. The lowest BCUT2D eigenvalue weighted by Gasteiger charge is -2.32. The topological polar surface area (TPSA) is 3.24 Å². The molecule has 4 rings (SSSR count). The first-order valence-corrected chi connectivity index (χ1v) is 7.90. The van der Waals surface area contributed by atoms with Crippen molar-refractivity contribution in [2.75, 3.05) is 4.90 Å². The summed E-state index contributed by atoms with van der Waals surface area (Å²) in [5, 5.41) is 0. The minimum atomic E-state index is 0.418. The van der Waals surface area contributed by atoms with Crippen LogP contribution in [0.15, 0.2) is 84.9 Å². The highest BCUT2D eigenvalue weighted by atomic mass is 15.2. The van der Waals surface area contributed by atoms with E-state index in [4.69, 9.17) is 0 Å². The summed E-state index contributed by atoms with van der Waals surface area (Å²) in [4.78, 5) is 2.48. The molecule has 0 amide bonds. The quantitative estimate of drug-likeness (QED) is 0.613. The molecule has 1 heteroatoms. The third kappa shape index (κ3) is 2.29. The zero-order valence-electron chi connectivity index (χ0n) is 12.5. The van der Waals surface area contributed by atoms with Crippen molar-refractivity contribution in [3.05, 3.63) is 96.1 Å². The van der Waals surface area contributed by atoms with Gasteiger partial charge in [0.05, 0.1) is 6.04 Å². The summed E-state index contributed by atoms with van der Waals surface area (Å²) < 4.78 is 0. The van der Waals surface area contributed by atoms with Gasteiger partial charge in [-0.3, -0.25) is 0 Å². The minimum absolute atomic E-state index is 0.418. The van der Waals surface area contributed by atoms with Gasteiger partial charge >= 0.3 is 0 Å². The molecule has 0 radical (unpaired) electrons. The molecule has 1 unspecified atom stereocenters. The van der Waals surface area contributed by atoms with Gasteiger partial charge < -0.3 is 4.90 Å². The normalized spacial score (nSPS) is 16.3. The van der Waals surface area contributed by atoms with E-state index in [9.17, 15) is 0 Å². The first-order chi connectivity index (χ1) is 10.9. The fourth-order valence-electron chi connectivity index (χ4n) is 3.49. The minimum Gasteiger partial charge on any atom is -0.334 e. The Morgan fingerprint density at radius 2 is 1.18 bits per heavy atom. The van der Waals surface area contributed by atoms with Crippen molar-refractivity contribution in [2.24, 2.45) is 0 Å². The summed E-state index contributed by atoms with van der Waals surface area (Å²) >= 11 is 0. The first-order valence-electron chi connectivity index (χ1n) is 7.90. The molecule has 22 heavy (non-hydrogen) atoms. The first kappa shape index (κ1) is 13.1. The average molecular weight is 285 g/mol.